The molecular weight excluding hydrogens is 352 g/mol. The molecule has 0 N–H and O–H groups in total. The Balaban J connectivity index is -0.000000333. The second kappa shape index (κ2) is 30.2. The van der Waals surface area contributed by atoms with Crippen molar-refractivity contribution in [1.82, 2.24) is 0 Å². The van der Waals surface area contributed by atoms with E-state index in [4.69, 9.17) is 18.9 Å². The first-order valence-electron chi connectivity index (χ1n) is 8.30. The van der Waals surface area contributed by atoms with Gasteiger partial charge in [0.2, 0.25) is 0 Å². The van der Waals surface area contributed by atoms with Gasteiger partial charge < -0.3 is 29.2 Å². The third kappa shape index (κ3) is 34.6. The molecule has 0 aromatic rings. The van der Waals surface area contributed by atoms with Crippen molar-refractivity contribution in [1.29, 1.82) is 0 Å². The molecule has 145 valence electrons. The van der Waals surface area contributed by atoms with Crippen LogP contribution in [0.25, 0.3) is 0 Å². The molecule has 0 unspecified atom stereocenters. The number of unbranched alkanes of at least 4 members (excludes halogenated alkanes) is 2. The van der Waals surface area contributed by atoms with E-state index in [-0.39, 0.29) is 30.3 Å². The van der Waals surface area contributed by atoms with Gasteiger partial charge in [-0.15, -0.1) is 13.2 Å². The van der Waals surface area contributed by atoms with E-state index in [0.717, 1.165) is 38.9 Å². The van der Waals surface area contributed by atoms with Crippen LogP contribution in [-0.4, -0.2) is 66.1 Å². The van der Waals surface area contributed by atoms with Gasteiger partial charge in [0.1, 0.15) is 0 Å². The quantitative estimate of drug-likeness (QED) is 0.282. The van der Waals surface area contributed by atoms with Crippen LogP contribution in [0.5, 0.6) is 0 Å². The molecule has 0 aliphatic rings. The van der Waals surface area contributed by atoms with Crippen LogP contribution in [-0.2, 0) is 36.0 Å². The summed E-state index contributed by atoms with van der Waals surface area (Å²) in [6.45, 7) is 8.46. The number of ether oxygens (including phenoxy) is 4. The average molecular weight is 386 g/mol. The van der Waals surface area contributed by atoms with Crippen molar-refractivity contribution in [2.24, 2.45) is 0 Å². The summed E-state index contributed by atoms with van der Waals surface area (Å²) in [5.41, 5.74) is 0. The molecule has 0 aromatic carbocycles. The molecule has 0 amide bonds. The van der Waals surface area contributed by atoms with E-state index in [9.17, 15) is 10.2 Å². The fourth-order valence-corrected chi connectivity index (χ4v) is 1.25. The first kappa shape index (κ1) is 28.1. The summed E-state index contributed by atoms with van der Waals surface area (Å²) < 4.78 is 20.2. The summed E-state index contributed by atoms with van der Waals surface area (Å²) in [7, 11) is 0. The van der Waals surface area contributed by atoms with Crippen LogP contribution in [0.3, 0.4) is 0 Å². The Morgan fingerprint density at radius 3 is 1.09 bits per heavy atom. The molecule has 1 radical (unpaired) electrons. The molecule has 0 heterocycles. The number of hydrogen-bond donors (Lipinski definition) is 0. The predicted octanol–water partition coefficient (Wildman–Crippen LogP) is 0.358. The van der Waals surface area contributed by atoms with E-state index in [2.05, 4.69) is 13.8 Å². The maximum Gasteiger partial charge on any atom is 2.00 e. The zero-order valence-electron chi connectivity index (χ0n) is 14.7. The summed E-state index contributed by atoms with van der Waals surface area (Å²) in [5.74, 6) is 0. The second-order valence-electron chi connectivity index (χ2n) is 4.56. The SMILES string of the molecule is CCCCOCCOCC[O-].CCCCOCCOCC[O-].[Cu+2]. The van der Waals surface area contributed by atoms with Crippen molar-refractivity contribution in [3.8, 4) is 0 Å². The van der Waals surface area contributed by atoms with E-state index < -0.39 is 0 Å². The largest absolute Gasteiger partial charge is 2.00 e. The summed E-state index contributed by atoms with van der Waals surface area (Å²) in [4.78, 5) is 0. The molecular formula is C16H34CuO6. The monoisotopic (exact) mass is 385 g/mol. The van der Waals surface area contributed by atoms with Crippen LogP contribution in [0.2, 0.25) is 0 Å². The summed E-state index contributed by atoms with van der Waals surface area (Å²) in [6.07, 6.45) is 4.51. The molecule has 7 heteroatoms. The van der Waals surface area contributed by atoms with Gasteiger partial charge in [-0.05, 0) is 12.8 Å². The molecule has 0 aliphatic heterocycles. The van der Waals surface area contributed by atoms with Gasteiger partial charge in [-0.2, -0.15) is 0 Å². The zero-order chi connectivity index (χ0) is 16.7. The van der Waals surface area contributed by atoms with Gasteiger partial charge >= 0.3 is 17.1 Å². The van der Waals surface area contributed by atoms with Crippen molar-refractivity contribution >= 4 is 0 Å². The van der Waals surface area contributed by atoms with Gasteiger partial charge in [-0.1, -0.05) is 26.7 Å². The topological polar surface area (TPSA) is 83.0 Å². The fraction of sp³-hybridized carbons (Fsp3) is 1.00. The normalized spacial score (nSPS) is 9.91. The number of hydrogen-bond acceptors (Lipinski definition) is 6. The van der Waals surface area contributed by atoms with Crippen LogP contribution in [0.1, 0.15) is 39.5 Å². The molecule has 0 spiro atoms. The van der Waals surface area contributed by atoms with E-state index in [1.807, 2.05) is 0 Å². The maximum atomic E-state index is 9.90. The Hall–Kier alpha value is 0.279. The predicted molar refractivity (Wildman–Crippen MR) is 82.8 cm³/mol. The zero-order valence-corrected chi connectivity index (χ0v) is 15.6. The van der Waals surface area contributed by atoms with Crippen molar-refractivity contribution in [2.75, 3.05) is 66.1 Å². The van der Waals surface area contributed by atoms with E-state index in [0.29, 0.717) is 39.6 Å². The molecule has 6 nitrogen and oxygen atoms in total. The van der Waals surface area contributed by atoms with E-state index in [1.165, 1.54) is 0 Å². The maximum absolute atomic E-state index is 9.90. The Kier molecular flexibility index (Phi) is 36.9. The van der Waals surface area contributed by atoms with Gasteiger partial charge in [0, 0.05) is 26.4 Å². The van der Waals surface area contributed by atoms with Crippen LogP contribution in [0.15, 0.2) is 0 Å². The van der Waals surface area contributed by atoms with Crippen molar-refractivity contribution in [3.63, 3.8) is 0 Å². The molecule has 0 bridgehead atoms. The van der Waals surface area contributed by atoms with Gasteiger partial charge in [0.15, 0.2) is 0 Å². The molecule has 0 saturated carbocycles. The average Bonchev–Trinajstić information content (AvgIpc) is 2.54. The molecule has 0 atom stereocenters. The minimum absolute atomic E-state index is 0. The fourth-order valence-electron chi connectivity index (χ4n) is 1.25. The minimum Gasteiger partial charge on any atom is -0.853 e. The van der Waals surface area contributed by atoms with Crippen LogP contribution >= 0.6 is 0 Å². The molecule has 0 saturated heterocycles. The summed E-state index contributed by atoms with van der Waals surface area (Å²) >= 11 is 0. The third-order valence-electron chi connectivity index (χ3n) is 2.48. The molecule has 0 fully saturated rings. The second-order valence-corrected chi connectivity index (χ2v) is 4.56. The minimum atomic E-state index is -0.158. The molecule has 0 aromatic heterocycles. The van der Waals surface area contributed by atoms with E-state index >= 15 is 0 Å². The van der Waals surface area contributed by atoms with Gasteiger partial charge in [0.25, 0.3) is 0 Å². The Labute approximate surface area is 152 Å². The number of rotatable bonds is 16. The van der Waals surface area contributed by atoms with Gasteiger partial charge in [-0.25, -0.2) is 0 Å². The first-order valence-corrected chi connectivity index (χ1v) is 8.30. The van der Waals surface area contributed by atoms with Crippen molar-refractivity contribution < 1.29 is 46.2 Å². The molecule has 23 heavy (non-hydrogen) atoms. The van der Waals surface area contributed by atoms with E-state index in [1.54, 1.807) is 0 Å². The smallest absolute Gasteiger partial charge is 0.853 e. The summed E-state index contributed by atoms with van der Waals surface area (Å²) in [5, 5.41) is 19.8. The van der Waals surface area contributed by atoms with Crippen molar-refractivity contribution in [3.05, 3.63) is 0 Å². The van der Waals surface area contributed by atoms with Crippen molar-refractivity contribution in [2.45, 2.75) is 39.5 Å². The standard InChI is InChI=1S/2C8H17O3.Cu/c2*1-2-3-5-10-7-8-11-6-4-9;/h2*2-8H2,1H3;/q2*-1;+2. The van der Waals surface area contributed by atoms with Crippen LogP contribution < -0.4 is 10.2 Å². The molecule has 0 aliphatic carbocycles. The van der Waals surface area contributed by atoms with Gasteiger partial charge in [-0.3, -0.25) is 0 Å². The van der Waals surface area contributed by atoms with Crippen LogP contribution in [0.4, 0.5) is 0 Å². The Bertz CT molecular complexity index is 141. The molecule has 0 rings (SSSR count). The third-order valence-corrected chi connectivity index (χ3v) is 2.48. The van der Waals surface area contributed by atoms with Crippen LogP contribution in [0, 0.1) is 0 Å². The Morgan fingerprint density at radius 2 is 0.826 bits per heavy atom. The Morgan fingerprint density at radius 1 is 0.522 bits per heavy atom. The first-order chi connectivity index (χ1) is 10.8. The van der Waals surface area contributed by atoms with Gasteiger partial charge in [0.05, 0.1) is 26.4 Å². The summed E-state index contributed by atoms with van der Waals surface area (Å²) in [6, 6.07) is 0.